The van der Waals surface area contributed by atoms with E-state index in [0.717, 1.165) is 5.57 Å². The van der Waals surface area contributed by atoms with Crippen molar-refractivity contribution < 1.29 is 5.11 Å². The van der Waals surface area contributed by atoms with E-state index in [2.05, 4.69) is 0 Å². The summed E-state index contributed by atoms with van der Waals surface area (Å²) in [5.41, 5.74) is 1.06. The average Bonchev–Trinajstić information content (AvgIpc) is 1.84. The van der Waals surface area contributed by atoms with Gasteiger partial charge < -0.3 is 5.11 Å². The molecule has 1 nitrogen and oxygen atoms in total. The summed E-state index contributed by atoms with van der Waals surface area (Å²) >= 11 is 0. The molecule has 1 heteroatoms. The molecule has 0 bridgehead atoms. The molecule has 0 fully saturated rings. The maximum absolute atomic E-state index is 9.33. The highest BCUT2D eigenvalue weighted by Crippen LogP contribution is 2.09. The third kappa shape index (κ3) is 2.66. The van der Waals surface area contributed by atoms with Gasteiger partial charge in [-0.05, 0) is 25.3 Å². The van der Waals surface area contributed by atoms with Gasteiger partial charge in [0.1, 0.15) is 0 Å². The van der Waals surface area contributed by atoms with Crippen LogP contribution in [0.1, 0.15) is 27.7 Å². The summed E-state index contributed by atoms with van der Waals surface area (Å²) in [6.45, 7) is 7.92. The Hall–Kier alpha value is -0.300. The van der Waals surface area contributed by atoms with Crippen molar-refractivity contribution in [3.05, 3.63) is 11.6 Å². The van der Waals surface area contributed by atoms with E-state index in [1.165, 1.54) is 0 Å². The van der Waals surface area contributed by atoms with Crippen molar-refractivity contribution in [2.24, 2.45) is 5.92 Å². The number of aliphatic hydroxyl groups excluding tert-OH is 1. The van der Waals surface area contributed by atoms with Crippen LogP contribution in [0.5, 0.6) is 0 Å². The van der Waals surface area contributed by atoms with Crippen molar-refractivity contribution in [2.45, 2.75) is 33.8 Å². The lowest BCUT2D eigenvalue weighted by atomic mass is 10.0. The van der Waals surface area contributed by atoms with Crippen molar-refractivity contribution in [3.63, 3.8) is 0 Å². The van der Waals surface area contributed by atoms with Crippen LogP contribution in [0.2, 0.25) is 0 Å². The fourth-order valence-corrected chi connectivity index (χ4v) is 0.697. The van der Waals surface area contributed by atoms with Gasteiger partial charge in [-0.15, -0.1) is 0 Å². The van der Waals surface area contributed by atoms with E-state index in [1.54, 1.807) is 0 Å². The van der Waals surface area contributed by atoms with Gasteiger partial charge in [-0.3, -0.25) is 0 Å². The number of allylic oxidation sites excluding steroid dienone is 1. The molecule has 0 spiro atoms. The molecule has 0 rings (SSSR count). The second kappa shape index (κ2) is 3.67. The maximum atomic E-state index is 9.33. The Morgan fingerprint density at radius 3 is 2.00 bits per heavy atom. The quantitative estimate of drug-likeness (QED) is 0.564. The monoisotopic (exact) mass is 128 g/mol. The minimum Gasteiger partial charge on any atom is -0.389 e. The lowest BCUT2D eigenvalue weighted by Gasteiger charge is -2.13. The zero-order valence-corrected chi connectivity index (χ0v) is 6.68. The number of hydrogen-bond acceptors (Lipinski definition) is 1. The number of aliphatic hydroxyl groups is 1. The smallest absolute Gasteiger partial charge is 0.0770 e. The van der Waals surface area contributed by atoms with E-state index in [1.807, 2.05) is 33.8 Å². The molecule has 0 aliphatic heterocycles. The van der Waals surface area contributed by atoms with Crippen molar-refractivity contribution in [2.75, 3.05) is 0 Å². The molecule has 0 amide bonds. The Labute approximate surface area is 57.4 Å². The molecule has 0 radical (unpaired) electrons. The normalized spacial score (nSPS) is 16.4. The standard InChI is InChI=1S/C8H16O/c1-5-7(4)8(9)6(2)3/h5-6,8-9H,1-4H3/b7-5-/t8-/m1/s1. The fraction of sp³-hybridized carbons (Fsp3) is 0.750. The van der Waals surface area contributed by atoms with Gasteiger partial charge in [0.05, 0.1) is 6.10 Å². The molecule has 0 aromatic heterocycles. The Morgan fingerprint density at radius 1 is 1.44 bits per heavy atom. The highest BCUT2D eigenvalue weighted by molar-refractivity contribution is 5.03. The lowest BCUT2D eigenvalue weighted by molar-refractivity contribution is 0.160. The Kier molecular flexibility index (Phi) is 3.55. The summed E-state index contributed by atoms with van der Waals surface area (Å²) in [6, 6.07) is 0. The summed E-state index contributed by atoms with van der Waals surface area (Å²) in [7, 11) is 0. The van der Waals surface area contributed by atoms with Gasteiger partial charge in [0.15, 0.2) is 0 Å². The van der Waals surface area contributed by atoms with Gasteiger partial charge in [0.25, 0.3) is 0 Å². The molecule has 1 atom stereocenters. The lowest BCUT2D eigenvalue weighted by Crippen LogP contribution is -2.15. The first-order valence-electron chi connectivity index (χ1n) is 3.40. The number of rotatable bonds is 2. The Bertz CT molecular complexity index is 103. The minimum absolute atomic E-state index is 0.255. The highest BCUT2D eigenvalue weighted by atomic mass is 16.3. The van der Waals surface area contributed by atoms with Crippen molar-refractivity contribution in [1.29, 1.82) is 0 Å². The van der Waals surface area contributed by atoms with Crippen LogP contribution < -0.4 is 0 Å². The van der Waals surface area contributed by atoms with Gasteiger partial charge >= 0.3 is 0 Å². The maximum Gasteiger partial charge on any atom is 0.0770 e. The van der Waals surface area contributed by atoms with Gasteiger partial charge in [-0.25, -0.2) is 0 Å². The molecule has 0 heterocycles. The third-order valence-corrected chi connectivity index (χ3v) is 1.55. The van der Waals surface area contributed by atoms with E-state index in [0.29, 0.717) is 5.92 Å². The Morgan fingerprint density at radius 2 is 1.89 bits per heavy atom. The zero-order valence-electron chi connectivity index (χ0n) is 6.68. The van der Waals surface area contributed by atoms with Crippen molar-refractivity contribution in [1.82, 2.24) is 0 Å². The SMILES string of the molecule is C/C=C(/C)[C@H](O)C(C)C. The predicted molar refractivity (Wildman–Crippen MR) is 40.3 cm³/mol. The van der Waals surface area contributed by atoms with Crippen LogP contribution in [0.15, 0.2) is 11.6 Å². The summed E-state index contributed by atoms with van der Waals surface area (Å²) in [5.74, 6) is 0.334. The molecular formula is C8H16O. The van der Waals surface area contributed by atoms with E-state index in [9.17, 15) is 5.11 Å². The average molecular weight is 128 g/mol. The Balaban J connectivity index is 3.88. The second-order valence-corrected chi connectivity index (χ2v) is 2.72. The molecule has 0 aliphatic rings. The van der Waals surface area contributed by atoms with Crippen LogP contribution in [0.25, 0.3) is 0 Å². The minimum atomic E-state index is -0.255. The first-order chi connectivity index (χ1) is 4.09. The van der Waals surface area contributed by atoms with E-state index < -0.39 is 0 Å². The second-order valence-electron chi connectivity index (χ2n) is 2.72. The molecule has 0 saturated carbocycles. The van der Waals surface area contributed by atoms with Crippen LogP contribution in [-0.2, 0) is 0 Å². The van der Waals surface area contributed by atoms with Gasteiger partial charge in [0, 0.05) is 0 Å². The first-order valence-corrected chi connectivity index (χ1v) is 3.40. The van der Waals surface area contributed by atoms with E-state index in [4.69, 9.17) is 0 Å². The molecule has 54 valence electrons. The third-order valence-electron chi connectivity index (χ3n) is 1.55. The van der Waals surface area contributed by atoms with Gasteiger partial charge in [-0.1, -0.05) is 19.9 Å². The largest absolute Gasteiger partial charge is 0.389 e. The zero-order chi connectivity index (χ0) is 7.44. The first kappa shape index (κ1) is 8.70. The summed E-state index contributed by atoms with van der Waals surface area (Å²) in [4.78, 5) is 0. The summed E-state index contributed by atoms with van der Waals surface area (Å²) in [5, 5.41) is 9.33. The molecule has 0 aromatic rings. The molecule has 9 heavy (non-hydrogen) atoms. The summed E-state index contributed by atoms with van der Waals surface area (Å²) < 4.78 is 0. The molecule has 0 aliphatic carbocycles. The fourth-order valence-electron chi connectivity index (χ4n) is 0.697. The van der Waals surface area contributed by atoms with Crippen LogP contribution in [-0.4, -0.2) is 11.2 Å². The van der Waals surface area contributed by atoms with Crippen molar-refractivity contribution in [3.8, 4) is 0 Å². The van der Waals surface area contributed by atoms with Gasteiger partial charge in [0.2, 0.25) is 0 Å². The molecule has 0 aromatic carbocycles. The molecule has 0 saturated heterocycles. The molecular weight excluding hydrogens is 112 g/mol. The topological polar surface area (TPSA) is 20.2 Å². The molecule has 1 N–H and O–H groups in total. The van der Waals surface area contributed by atoms with Crippen LogP contribution in [0.3, 0.4) is 0 Å². The summed E-state index contributed by atoms with van der Waals surface area (Å²) in [6.07, 6.45) is 1.69. The van der Waals surface area contributed by atoms with E-state index in [-0.39, 0.29) is 6.10 Å². The molecule has 0 unspecified atom stereocenters. The van der Waals surface area contributed by atoms with E-state index >= 15 is 0 Å². The predicted octanol–water partition coefficient (Wildman–Crippen LogP) is 1.97. The van der Waals surface area contributed by atoms with Crippen LogP contribution >= 0.6 is 0 Å². The van der Waals surface area contributed by atoms with Crippen molar-refractivity contribution >= 4 is 0 Å². The van der Waals surface area contributed by atoms with Crippen LogP contribution in [0.4, 0.5) is 0 Å². The number of hydrogen-bond donors (Lipinski definition) is 1. The van der Waals surface area contributed by atoms with Gasteiger partial charge in [-0.2, -0.15) is 0 Å². The van der Waals surface area contributed by atoms with Crippen LogP contribution in [0, 0.1) is 5.92 Å². The highest BCUT2D eigenvalue weighted by Gasteiger charge is 2.08.